The van der Waals surface area contributed by atoms with Gasteiger partial charge in [-0.3, -0.25) is 3.97 Å². The summed E-state index contributed by atoms with van der Waals surface area (Å²) in [5.74, 6) is 1.86. The van der Waals surface area contributed by atoms with E-state index in [2.05, 4.69) is 8.96 Å². The van der Waals surface area contributed by atoms with E-state index < -0.39 is 11.1 Å². The first-order chi connectivity index (χ1) is 10.3. The fourth-order valence-electron chi connectivity index (χ4n) is 3.56. The van der Waals surface area contributed by atoms with Crippen LogP contribution in [0.25, 0.3) is 0 Å². The van der Waals surface area contributed by atoms with E-state index in [-0.39, 0.29) is 5.44 Å². The van der Waals surface area contributed by atoms with Crippen molar-refractivity contribution in [3.8, 4) is 0 Å². The van der Waals surface area contributed by atoms with E-state index in [9.17, 15) is 5.11 Å². The van der Waals surface area contributed by atoms with E-state index in [0.717, 1.165) is 31.5 Å². The molecule has 1 aromatic rings. The minimum atomic E-state index is -0.768. The van der Waals surface area contributed by atoms with Gasteiger partial charge in [-0.1, -0.05) is 6.42 Å². The van der Waals surface area contributed by atoms with E-state index in [0.29, 0.717) is 17.9 Å². The molecule has 1 N–H and O–H groups in total. The lowest BCUT2D eigenvalue weighted by atomic mass is 9.87. The molecule has 2 fully saturated rings. The van der Waals surface area contributed by atoms with Crippen molar-refractivity contribution in [1.29, 1.82) is 0 Å². The van der Waals surface area contributed by atoms with Gasteiger partial charge in [-0.2, -0.15) is 0 Å². The standard InChI is InChI=1S/C15H23N3O2S/c1-20-12-4-2-3-11(7-12)15(19)21-14(10-5-6-10)17-13-8-16-9-18(13)21/h8-12,15,19,21H,2-7H2,1H3. The largest absolute Gasteiger partial charge is 0.382 e. The van der Waals surface area contributed by atoms with Gasteiger partial charge in [-0.25, -0.2) is 9.98 Å². The van der Waals surface area contributed by atoms with Gasteiger partial charge in [0.2, 0.25) is 0 Å². The lowest BCUT2D eigenvalue weighted by Crippen LogP contribution is -2.32. The third-order valence-corrected chi connectivity index (χ3v) is 7.54. The van der Waals surface area contributed by atoms with Crippen molar-refractivity contribution in [2.24, 2.45) is 16.8 Å². The van der Waals surface area contributed by atoms with E-state index in [1.54, 1.807) is 7.11 Å². The zero-order valence-electron chi connectivity index (χ0n) is 12.4. The molecule has 1 aromatic heterocycles. The summed E-state index contributed by atoms with van der Waals surface area (Å²) in [7, 11) is 1.78. The molecule has 0 saturated heterocycles. The fraction of sp³-hybridized carbons (Fsp3) is 0.733. The Bertz CT molecular complexity index is 555. The molecule has 116 valence electrons. The molecular formula is C15H23N3O2S. The highest BCUT2D eigenvalue weighted by atomic mass is 32.2. The van der Waals surface area contributed by atoms with Gasteiger partial charge in [0.15, 0.2) is 5.82 Å². The summed E-state index contributed by atoms with van der Waals surface area (Å²) < 4.78 is 7.65. The molecule has 3 aliphatic rings. The van der Waals surface area contributed by atoms with Gasteiger partial charge >= 0.3 is 0 Å². The minimum absolute atomic E-state index is 0.305. The number of thiol groups is 1. The van der Waals surface area contributed by atoms with Crippen molar-refractivity contribution < 1.29 is 9.84 Å². The van der Waals surface area contributed by atoms with E-state index in [1.807, 2.05) is 12.5 Å². The van der Waals surface area contributed by atoms with E-state index in [4.69, 9.17) is 9.73 Å². The first kappa shape index (κ1) is 13.8. The van der Waals surface area contributed by atoms with Crippen molar-refractivity contribution in [1.82, 2.24) is 8.96 Å². The number of aliphatic hydroxyl groups excluding tert-OH is 1. The Labute approximate surface area is 127 Å². The maximum atomic E-state index is 11.0. The number of methoxy groups -OCH3 is 1. The van der Waals surface area contributed by atoms with E-state index in [1.165, 1.54) is 17.9 Å². The number of nitrogens with zero attached hydrogens (tertiary/aromatic N) is 3. The molecule has 2 saturated carbocycles. The van der Waals surface area contributed by atoms with Crippen LogP contribution in [0.5, 0.6) is 0 Å². The van der Waals surface area contributed by atoms with Gasteiger partial charge in [0.05, 0.1) is 17.3 Å². The van der Waals surface area contributed by atoms with Crippen LogP contribution < -0.4 is 0 Å². The normalized spacial score (nSPS) is 35.3. The molecule has 4 unspecified atom stereocenters. The zero-order chi connectivity index (χ0) is 14.4. The molecule has 2 aliphatic carbocycles. The molecule has 4 rings (SSSR count). The SMILES string of the molecule is COC1CCCC(C(O)[SH]2C(C3CC3)=Nc3cncn32)C1. The Morgan fingerprint density at radius 1 is 1.38 bits per heavy atom. The summed E-state index contributed by atoms with van der Waals surface area (Å²) in [4.78, 5) is 8.97. The lowest BCUT2D eigenvalue weighted by molar-refractivity contribution is 0.0293. The Hall–Kier alpha value is -0.850. The first-order valence-electron chi connectivity index (χ1n) is 7.89. The predicted molar refractivity (Wildman–Crippen MR) is 85.2 cm³/mol. The topological polar surface area (TPSA) is 59.6 Å². The number of fused-ring (bicyclic) bond motifs is 1. The van der Waals surface area contributed by atoms with Crippen molar-refractivity contribution in [3.63, 3.8) is 0 Å². The van der Waals surface area contributed by atoms with Gasteiger partial charge in [-0.15, -0.1) is 11.1 Å². The average Bonchev–Trinajstić information content (AvgIpc) is 3.15. The summed E-state index contributed by atoms with van der Waals surface area (Å²) in [5.41, 5.74) is -0.312. The van der Waals surface area contributed by atoms with Crippen LogP contribution in [0, 0.1) is 11.8 Å². The molecule has 0 amide bonds. The van der Waals surface area contributed by atoms with Crippen molar-refractivity contribution in [3.05, 3.63) is 12.5 Å². The summed E-state index contributed by atoms with van der Waals surface area (Å²) in [6.07, 6.45) is 10.8. The van der Waals surface area contributed by atoms with Gasteiger partial charge in [0, 0.05) is 13.0 Å². The molecule has 1 aliphatic heterocycles. The highest BCUT2D eigenvalue weighted by Gasteiger charge is 2.42. The Kier molecular flexibility index (Phi) is 3.55. The summed E-state index contributed by atoms with van der Waals surface area (Å²) in [6, 6.07) is 0. The third kappa shape index (κ3) is 2.43. The molecule has 0 aromatic carbocycles. The summed E-state index contributed by atoms with van der Waals surface area (Å²) in [6.45, 7) is 0. The van der Waals surface area contributed by atoms with Crippen molar-refractivity contribution in [2.75, 3.05) is 7.11 Å². The second-order valence-electron chi connectivity index (χ2n) is 6.38. The number of aromatic nitrogens is 2. The number of hydrogen-bond donors (Lipinski definition) is 2. The third-order valence-electron chi connectivity index (χ3n) is 4.91. The molecule has 6 heteroatoms. The monoisotopic (exact) mass is 309 g/mol. The fourth-order valence-corrected chi connectivity index (χ4v) is 6.30. The number of imidazole rings is 1. The van der Waals surface area contributed by atoms with Crippen LogP contribution in [0.2, 0.25) is 0 Å². The Morgan fingerprint density at radius 3 is 3.00 bits per heavy atom. The molecule has 4 atom stereocenters. The average molecular weight is 309 g/mol. The number of hydrogen-bond acceptors (Lipinski definition) is 4. The van der Waals surface area contributed by atoms with Crippen LogP contribution in [0.4, 0.5) is 5.82 Å². The minimum Gasteiger partial charge on any atom is -0.382 e. The molecule has 21 heavy (non-hydrogen) atoms. The van der Waals surface area contributed by atoms with Crippen LogP contribution in [0.3, 0.4) is 0 Å². The highest BCUT2D eigenvalue weighted by Crippen LogP contribution is 2.54. The van der Waals surface area contributed by atoms with Gasteiger partial charge in [0.25, 0.3) is 0 Å². The van der Waals surface area contributed by atoms with E-state index >= 15 is 0 Å². The second kappa shape index (κ2) is 5.41. The number of aliphatic hydroxyl groups is 1. The Balaban J connectivity index is 1.58. The molecule has 0 spiro atoms. The molecular weight excluding hydrogens is 286 g/mol. The number of aliphatic imine (C=N–C) groups is 1. The van der Waals surface area contributed by atoms with Crippen LogP contribution in [-0.2, 0) is 4.74 Å². The lowest BCUT2D eigenvalue weighted by Gasteiger charge is -2.36. The second-order valence-corrected chi connectivity index (χ2v) is 8.49. The quantitative estimate of drug-likeness (QED) is 0.841. The van der Waals surface area contributed by atoms with Crippen LogP contribution in [0.15, 0.2) is 17.5 Å². The zero-order valence-corrected chi connectivity index (χ0v) is 13.2. The van der Waals surface area contributed by atoms with Crippen molar-refractivity contribution >= 4 is 21.9 Å². The molecule has 5 nitrogen and oxygen atoms in total. The van der Waals surface area contributed by atoms with Gasteiger partial charge in [-0.05, 0) is 38.0 Å². The summed E-state index contributed by atoms with van der Waals surface area (Å²) >= 11 is -0.768. The van der Waals surface area contributed by atoms with Crippen LogP contribution in [0.1, 0.15) is 38.5 Å². The predicted octanol–water partition coefficient (Wildman–Crippen LogP) is 2.62. The summed E-state index contributed by atoms with van der Waals surface area (Å²) in [5, 5.41) is 12.3. The molecule has 2 heterocycles. The Morgan fingerprint density at radius 2 is 2.24 bits per heavy atom. The molecule has 0 radical (unpaired) electrons. The smallest absolute Gasteiger partial charge is 0.162 e. The maximum absolute atomic E-state index is 11.0. The maximum Gasteiger partial charge on any atom is 0.162 e. The van der Waals surface area contributed by atoms with Gasteiger partial charge in [0.1, 0.15) is 11.8 Å². The number of rotatable bonds is 4. The van der Waals surface area contributed by atoms with Crippen molar-refractivity contribution in [2.45, 2.75) is 50.1 Å². The van der Waals surface area contributed by atoms with Crippen LogP contribution >= 0.6 is 11.1 Å². The van der Waals surface area contributed by atoms with Gasteiger partial charge < -0.3 is 9.84 Å². The molecule has 0 bridgehead atoms. The first-order valence-corrected chi connectivity index (χ1v) is 9.25. The highest BCUT2D eigenvalue weighted by molar-refractivity contribution is 8.29. The number of ether oxygens (including phenoxy) is 1. The van der Waals surface area contributed by atoms with Crippen LogP contribution in [-0.4, -0.2) is 37.8 Å².